The lowest BCUT2D eigenvalue weighted by atomic mass is 10.1. The maximum absolute atomic E-state index is 13.4. The van der Waals surface area contributed by atoms with E-state index in [9.17, 15) is 13.2 Å². The van der Waals surface area contributed by atoms with E-state index in [0.29, 0.717) is 17.2 Å². The maximum atomic E-state index is 13.4. The third-order valence-corrected chi connectivity index (χ3v) is 11.1. The van der Waals surface area contributed by atoms with Crippen LogP contribution in [0.5, 0.6) is 0 Å². The summed E-state index contributed by atoms with van der Waals surface area (Å²) in [5.41, 5.74) is 5.33. The van der Waals surface area contributed by atoms with Crippen molar-refractivity contribution in [1.82, 2.24) is 28.5 Å². The molecule has 8 nitrogen and oxygen atoms in total. The first-order chi connectivity index (χ1) is 25.9. The van der Waals surface area contributed by atoms with Gasteiger partial charge in [-0.25, -0.2) is 13.2 Å². The van der Waals surface area contributed by atoms with Gasteiger partial charge in [0, 0.05) is 99.6 Å². The molecule has 2 aromatic heterocycles. The predicted octanol–water partition coefficient (Wildman–Crippen LogP) is 7.82. The minimum absolute atomic E-state index is 0.260. The van der Waals surface area contributed by atoms with Gasteiger partial charge in [0.2, 0.25) is 10.3 Å². The third kappa shape index (κ3) is 9.65. The minimum atomic E-state index is -0.879. The molecule has 274 valence electrons. The van der Waals surface area contributed by atoms with Gasteiger partial charge in [0.05, 0.1) is 0 Å². The fourth-order valence-electron chi connectivity index (χ4n) is 6.41. The van der Waals surface area contributed by atoms with Crippen molar-refractivity contribution in [3.8, 4) is 22.8 Å². The van der Waals surface area contributed by atoms with Gasteiger partial charge in [0.1, 0.15) is 5.82 Å². The van der Waals surface area contributed by atoms with Crippen LogP contribution in [-0.2, 0) is 13.0 Å². The van der Waals surface area contributed by atoms with Crippen LogP contribution in [0.4, 0.5) is 23.4 Å². The molecule has 4 aromatic carbocycles. The zero-order valence-corrected chi connectivity index (χ0v) is 31.2. The lowest BCUT2D eigenvalue weighted by Gasteiger charge is -2.34. The molecular formula is C40H41F3N8S2. The number of aromatic nitrogens is 4. The first-order valence-electron chi connectivity index (χ1n) is 17.8. The Kier molecular flexibility index (Phi) is 12.1. The highest BCUT2D eigenvalue weighted by molar-refractivity contribution is 7.10. The predicted molar refractivity (Wildman–Crippen MR) is 208 cm³/mol. The molecule has 0 bridgehead atoms. The van der Waals surface area contributed by atoms with Gasteiger partial charge < -0.3 is 9.80 Å². The van der Waals surface area contributed by atoms with E-state index in [1.165, 1.54) is 58.0 Å². The second-order valence-corrected chi connectivity index (χ2v) is 14.7. The van der Waals surface area contributed by atoms with Crippen LogP contribution in [-0.4, -0.2) is 87.4 Å². The van der Waals surface area contributed by atoms with Gasteiger partial charge in [-0.2, -0.15) is 18.7 Å². The number of aryl methyl sites for hydroxylation is 1. The Morgan fingerprint density at radius 2 is 1.19 bits per heavy atom. The molecule has 0 N–H and O–H groups in total. The van der Waals surface area contributed by atoms with Crippen molar-refractivity contribution in [3.63, 3.8) is 0 Å². The fourth-order valence-corrected chi connectivity index (χ4v) is 7.88. The number of hydrogen-bond acceptors (Lipinski definition) is 10. The van der Waals surface area contributed by atoms with Crippen molar-refractivity contribution in [2.45, 2.75) is 19.9 Å². The Morgan fingerprint density at radius 3 is 1.81 bits per heavy atom. The van der Waals surface area contributed by atoms with Crippen LogP contribution in [0.2, 0.25) is 0 Å². The van der Waals surface area contributed by atoms with Gasteiger partial charge in [0.15, 0.2) is 23.3 Å². The molecule has 0 atom stereocenters. The molecule has 0 unspecified atom stereocenters. The van der Waals surface area contributed by atoms with Crippen LogP contribution in [0, 0.1) is 24.4 Å². The highest BCUT2D eigenvalue weighted by Crippen LogP contribution is 2.27. The van der Waals surface area contributed by atoms with E-state index in [1.54, 1.807) is 6.07 Å². The molecule has 8 rings (SSSR count). The van der Waals surface area contributed by atoms with Gasteiger partial charge in [0.25, 0.3) is 0 Å². The Bertz CT molecular complexity index is 2080. The van der Waals surface area contributed by atoms with E-state index < -0.39 is 11.6 Å². The molecule has 2 fully saturated rings. The van der Waals surface area contributed by atoms with Crippen molar-refractivity contribution < 1.29 is 13.2 Å². The molecule has 0 spiro atoms. The van der Waals surface area contributed by atoms with Crippen molar-refractivity contribution in [2.24, 2.45) is 0 Å². The van der Waals surface area contributed by atoms with Gasteiger partial charge in [-0.1, -0.05) is 66.7 Å². The summed E-state index contributed by atoms with van der Waals surface area (Å²) in [5, 5.41) is 1.75. The van der Waals surface area contributed by atoms with Crippen molar-refractivity contribution in [1.29, 1.82) is 0 Å². The van der Waals surface area contributed by atoms with E-state index >= 15 is 0 Å². The fraction of sp³-hybridized carbons (Fsp3) is 0.300. The van der Waals surface area contributed by atoms with Gasteiger partial charge in [-0.15, -0.1) is 0 Å². The topological polar surface area (TPSA) is 64.5 Å². The number of piperazine rings is 2. The summed E-state index contributed by atoms with van der Waals surface area (Å²) in [6.45, 7) is 11.8. The number of nitrogens with zero attached hydrogens (tertiary/aromatic N) is 8. The third-order valence-electron chi connectivity index (χ3n) is 9.59. The van der Waals surface area contributed by atoms with Crippen LogP contribution in [0.25, 0.3) is 22.8 Å². The van der Waals surface area contributed by atoms with E-state index in [-0.39, 0.29) is 5.82 Å². The smallest absolute Gasteiger partial charge is 0.205 e. The Labute approximate surface area is 316 Å². The van der Waals surface area contributed by atoms with E-state index in [4.69, 9.17) is 0 Å². The summed E-state index contributed by atoms with van der Waals surface area (Å²) in [5.74, 6) is -0.951. The zero-order valence-electron chi connectivity index (χ0n) is 29.5. The van der Waals surface area contributed by atoms with Crippen LogP contribution in [0.1, 0.15) is 16.7 Å². The molecule has 53 heavy (non-hydrogen) atoms. The summed E-state index contributed by atoms with van der Waals surface area (Å²) in [4.78, 5) is 18.6. The molecule has 2 saturated heterocycles. The van der Waals surface area contributed by atoms with Crippen LogP contribution < -0.4 is 9.80 Å². The highest BCUT2D eigenvalue weighted by Gasteiger charge is 2.22. The molecular weight excluding hydrogens is 714 g/mol. The molecule has 2 aliphatic heterocycles. The number of rotatable bonds is 9. The summed E-state index contributed by atoms with van der Waals surface area (Å²) in [7, 11) is 0. The molecule has 4 heterocycles. The molecule has 0 radical (unpaired) electrons. The lowest BCUT2D eigenvalue weighted by molar-refractivity contribution is 0.249. The summed E-state index contributed by atoms with van der Waals surface area (Å²) in [6, 6.07) is 29.3. The van der Waals surface area contributed by atoms with Gasteiger partial charge in [-0.05, 0) is 60.4 Å². The van der Waals surface area contributed by atoms with Gasteiger partial charge >= 0.3 is 0 Å². The Morgan fingerprint density at radius 1 is 0.585 bits per heavy atom. The van der Waals surface area contributed by atoms with Crippen LogP contribution >= 0.6 is 23.1 Å². The van der Waals surface area contributed by atoms with E-state index in [0.717, 1.165) is 99.8 Å². The van der Waals surface area contributed by atoms with E-state index in [2.05, 4.69) is 93.8 Å². The number of anilines is 2. The Balaban J connectivity index is 0.000000164. The minimum Gasteiger partial charge on any atom is -0.344 e. The van der Waals surface area contributed by atoms with Crippen molar-refractivity contribution >= 4 is 33.3 Å². The standard InChI is InChI=1S/C20H20F2N4S.C20H21FN4S/c21-17-7-6-16(14-18(17)22)19-23-20(27-24-19)26-12-10-25(11-13-26)9-8-15-4-2-1-3-5-15;1-15-5-2-3-6-17(15)14-24-9-11-25(12-10-24)20-22-19(23-26-20)16-7-4-8-18(21)13-16/h1-7,14H,8-13H2;2-8,13H,9-12,14H2,1H3. The SMILES string of the molecule is Cc1ccccc1CN1CCN(c2nc(-c3cccc(F)c3)ns2)CC1.Fc1ccc(-c2nsc(N3CCN(CCc4ccccc4)CC3)n2)cc1F. The molecule has 0 saturated carbocycles. The van der Waals surface area contributed by atoms with Gasteiger partial charge in [-0.3, -0.25) is 9.80 Å². The molecule has 0 aliphatic carbocycles. The molecule has 0 amide bonds. The highest BCUT2D eigenvalue weighted by atomic mass is 32.1. The van der Waals surface area contributed by atoms with E-state index in [1.807, 2.05) is 12.1 Å². The quantitative estimate of drug-likeness (QED) is 0.148. The summed E-state index contributed by atoms with van der Waals surface area (Å²) < 4.78 is 48.6. The first kappa shape index (κ1) is 36.7. The van der Waals surface area contributed by atoms with Crippen LogP contribution in [0.15, 0.2) is 97.1 Å². The molecule has 13 heteroatoms. The second kappa shape index (κ2) is 17.4. The normalized spacial score (nSPS) is 15.3. The largest absolute Gasteiger partial charge is 0.344 e. The average Bonchev–Trinajstić information content (AvgIpc) is 3.89. The van der Waals surface area contributed by atoms with Crippen molar-refractivity contribution in [3.05, 3.63) is 131 Å². The zero-order chi connectivity index (χ0) is 36.6. The number of halogens is 3. The molecule has 2 aliphatic rings. The number of hydrogen-bond donors (Lipinski definition) is 0. The number of benzene rings is 4. The maximum Gasteiger partial charge on any atom is 0.205 e. The first-order valence-corrected chi connectivity index (χ1v) is 19.3. The summed E-state index contributed by atoms with van der Waals surface area (Å²) >= 11 is 2.69. The average molecular weight is 755 g/mol. The Hall–Kier alpha value is -4.69. The summed E-state index contributed by atoms with van der Waals surface area (Å²) in [6.07, 6.45) is 1.06. The molecule has 6 aromatic rings. The van der Waals surface area contributed by atoms with Crippen molar-refractivity contribution in [2.75, 3.05) is 68.7 Å². The van der Waals surface area contributed by atoms with Crippen LogP contribution in [0.3, 0.4) is 0 Å². The lowest BCUT2D eigenvalue weighted by Crippen LogP contribution is -2.47. The second-order valence-electron chi connectivity index (χ2n) is 13.2. The monoisotopic (exact) mass is 754 g/mol.